The molecule has 0 aliphatic rings. The molecule has 2 nitrogen and oxygen atoms in total. The van der Waals surface area contributed by atoms with E-state index >= 15 is 0 Å². The van der Waals surface area contributed by atoms with Gasteiger partial charge in [-0.2, -0.15) is 0 Å². The highest BCUT2D eigenvalue weighted by Gasteiger charge is 2.08. The summed E-state index contributed by atoms with van der Waals surface area (Å²) in [6.45, 7) is 6.43. The average molecular weight is 306 g/mol. The number of benzene rings is 2. The van der Waals surface area contributed by atoms with E-state index in [1.54, 1.807) is 0 Å². The number of aryl methyl sites for hydroxylation is 2. The molecule has 0 spiro atoms. The van der Waals surface area contributed by atoms with Crippen molar-refractivity contribution in [2.45, 2.75) is 45.8 Å². The summed E-state index contributed by atoms with van der Waals surface area (Å²) in [6.07, 6.45) is 4.59. The van der Waals surface area contributed by atoms with Gasteiger partial charge in [-0.1, -0.05) is 48.5 Å². The molecule has 2 aromatic carbocycles. The second-order valence-corrected chi connectivity index (χ2v) is 6.26. The van der Waals surface area contributed by atoms with E-state index in [1.165, 1.54) is 22.0 Å². The first-order chi connectivity index (χ1) is 11.3. The molecular formula is C21H26N2. The van der Waals surface area contributed by atoms with Crippen LogP contribution in [0.1, 0.15) is 31.4 Å². The van der Waals surface area contributed by atoms with Crippen molar-refractivity contribution >= 4 is 10.9 Å². The lowest BCUT2D eigenvalue weighted by Gasteiger charge is -2.13. The Morgan fingerprint density at radius 1 is 1.00 bits per heavy atom. The number of aromatic nitrogens is 1. The van der Waals surface area contributed by atoms with E-state index in [-0.39, 0.29) is 0 Å². The lowest BCUT2D eigenvalue weighted by Crippen LogP contribution is -2.25. The molecule has 23 heavy (non-hydrogen) atoms. The number of para-hydroxylation sites is 1. The fraction of sp³-hybridized carbons (Fsp3) is 0.333. The standard InChI is InChI=1S/C21H26N2/c1-3-23-16-19(20-11-7-8-12-21(20)23)15-22-17(2)13-14-18-9-5-4-6-10-18/h4-12,16-17,22H,3,13-15H2,1-2H3/t17-/m0/s1. The predicted octanol–water partition coefficient (Wildman–Crippen LogP) is 4.77. The summed E-state index contributed by atoms with van der Waals surface area (Å²) in [4.78, 5) is 0. The molecule has 0 aliphatic carbocycles. The van der Waals surface area contributed by atoms with E-state index < -0.39 is 0 Å². The zero-order valence-electron chi connectivity index (χ0n) is 14.1. The van der Waals surface area contributed by atoms with Crippen LogP contribution in [-0.4, -0.2) is 10.6 Å². The fourth-order valence-corrected chi connectivity index (χ4v) is 3.14. The van der Waals surface area contributed by atoms with Crippen molar-refractivity contribution < 1.29 is 0 Å². The summed E-state index contributed by atoms with van der Waals surface area (Å²) in [6, 6.07) is 19.9. The molecule has 0 amide bonds. The van der Waals surface area contributed by atoms with Gasteiger partial charge < -0.3 is 9.88 Å². The second-order valence-electron chi connectivity index (χ2n) is 6.26. The Morgan fingerprint density at radius 3 is 2.52 bits per heavy atom. The smallest absolute Gasteiger partial charge is 0.0483 e. The van der Waals surface area contributed by atoms with Crippen LogP contribution in [0, 0.1) is 0 Å². The minimum Gasteiger partial charge on any atom is -0.347 e. The maximum Gasteiger partial charge on any atom is 0.0483 e. The SMILES string of the molecule is CCn1cc(CN[C@@H](C)CCc2ccccc2)c2ccccc21. The average Bonchev–Trinajstić information content (AvgIpc) is 2.97. The lowest BCUT2D eigenvalue weighted by molar-refractivity contribution is 0.514. The van der Waals surface area contributed by atoms with Crippen LogP contribution in [0.25, 0.3) is 10.9 Å². The monoisotopic (exact) mass is 306 g/mol. The van der Waals surface area contributed by atoms with Gasteiger partial charge in [-0.15, -0.1) is 0 Å². The Labute approximate surface area is 139 Å². The van der Waals surface area contributed by atoms with E-state index in [0.717, 1.165) is 25.9 Å². The van der Waals surface area contributed by atoms with Gasteiger partial charge in [0.15, 0.2) is 0 Å². The minimum absolute atomic E-state index is 0.513. The quantitative estimate of drug-likeness (QED) is 0.665. The molecular weight excluding hydrogens is 280 g/mol. The normalized spacial score (nSPS) is 12.6. The first-order valence-corrected chi connectivity index (χ1v) is 8.62. The first kappa shape index (κ1) is 15.8. The number of fused-ring (bicyclic) bond motifs is 1. The van der Waals surface area contributed by atoms with Gasteiger partial charge in [-0.25, -0.2) is 0 Å². The van der Waals surface area contributed by atoms with Gasteiger partial charge in [0.25, 0.3) is 0 Å². The van der Waals surface area contributed by atoms with Crippen molar-refractivity contribution in [2.24, 2.45) is 0 Å². The van der Waals surface area contributed by atoms with Crippen LogP contribution in [0.15, 0.2) is 60.8 Å². The summed E-state index contributed by atoms with van der Waals surface area (Å²) in [7, 11) is 0. The summed E-state index contributed by atoms with van der Waals surface area (Å²) in [5.41, 5.74) is 4.15. The van der Waals surface area contributed by atoms with Gasteiger partial charge >= 0.3 is 0 Å². The van der Waals surface area contributed by atoms with E-state index in [2.05, 4.69) is 84.5 Å². The Bertz CT molecular complexity index is 743. The third kappa shape index (κ3) is 3.83. The van der Waals surface area contributed by atoms with Crippen molar-refractivity contribution in [3.63, 3.8) is 0 Å². The number of hydrogen-bond donors (Lipinski definition) is 1. The van der Waals surface area contributed by atoms with E-state index in [9.17, 15) is 0 Å². The van der Waals surface area contributed by atoms with Crippen LogP contribution >= 0.6 is 0 Å². The molecule has 2 heteroatoms. The van der Waals surface area contributed by atoms with Crippen LogP contribution < -0.4 is 5.32 Å². The summed E-state index contributed by atoms with van der Waals surface area (Å²) >= 11 is 0. The van der Waals surface area contributed by atoms with Crippen molar-refractivity contribution in [3.05, 3.63) is 71.9 Å². The highest BCUT2D eigenvalue weighted by atomic mass is 15.0. The van der Waals surface area contributed by atoms with Crippen LogP contribution in [0.5, 0.6) is 0 Å². The van der Waals surface area contributed by atoms with Crippen LogP contribution in [-0.2, 0) is 19.5 Å². The third-order valence-electron chi connectivity index (χ3n) is 4.56. The molecule has 0 aliphatic heterocycles. The third-order valence-corrected chi connectivity index (χ3v) is 4.56. The molecule has 1 aromatic heterocycles. The lowest BCUT2D eigenvalue weighted by atomic mass is 10.1. The van der Waals surface area contributed by atoms with Crippen molar-refractivity contribution in [1.82, 2.24) is 9.88 Å². The number of rotatable bonds is 7. The van der Waals surface area contributed by atoms with Crippen molar-refractivity contribution in [1.29, 1.82) is 0 Å². The zero-order valence-corrected chi connectivity index (χ0v) is 14.1. The predicted molar refractivity (Wildman–Crippen MR) is 98.7 cm³/mol. The topological polar surface area (TPSA) is 17.0 Å². The van der Waals surface area contributed by atoms with Gasteiger partial charge in [-0.05, 0) is 43.9 Å². The minimum atomic E-state index is 0.513. The molecule has 1 heterocycles. The fourth-order valence-electron chi connectivity index (χ4n) is 3.14. The van der Waals surface area contributed by atoms with Crippen LogP contribution in [0.3, 0.4) is 0 Å². The number of nitrogens with zero attached hydrogens (tertiary/aromatic N) is 1. The Kier molecular flexibility index (Phi) is 5.14. The van der Waals surface area contributed by atoms with Crippen LogP contribution in [0.2, 0.25) is 0 Å². The van der Waals surface area contributed by atoms with Crippen LogP contribution in [0.4, 0.5) is 0 Å². The molecule has 0 saturated carbocycles. The van der Waals surface area contributed by atoms with Crippen molar-refractivity contribution in [3.8, 4) is 0 Å². The number of hydrogen-bond acceptors (Lipinski definition) is 1. The van der Waals surface area contributed by atoms with Gasteiger partial charge in [0.1, 0.15) is 0 Å². The highest BCUT2D eigenvalue weighted by Crippen LogP contribution is 2.21. The molecule has 3 rings (SSSR count). The highest BCUT2D eigenvalue weighted by molar-refractivity contribution is 5.83. The van der Waals surface area contributed by atoms with Gasteiger partial charge in [0, 0.05) is 36.2 Å². The van der Waals surface area contributed by atoms with Gasteiger partial charge in [-0.3, -0.25) is 0 Å². The molecule has 3 aromatic rings. The second kappa shape index (κ2) is 7.47. The molecule has 0 unspecified atom stereocenters. The number of nitrogens with one attached hydrogen (secondary N) is 1. The molecule has 0 bridgehead atoms. The zero-order chi connectivity index (χ0) is 16.1. The summed E-state index contributed by atoms with van der Waals surface area (Å²) in [5.74, 6) is 0. The Balaban J connectivity index is 1.60. The van der Waals surface area contributed by atoms with E-state index in [4.69, 9.17) is 0 Å². The van der Waals surface area contributed by atoms with E-state index in [1.807, 2.05) is 0 Å². The molecule has 0 saturated heterocycles. The molecule has 0 radical (unpaired) electrons. The largest absolute Gasteiger partial charge is 0.347 e. The van der Waals surface area contributed by atoms with Crippen molar-refractivity contribution in [2.75, 3.05) is 0 Å². The van der Waals surface area contributed by atoms with Gasteiger partial charge in [0.2, 0.25) is 0 Å². The van der Waals surface area contributed by atoms with Gasteiger partial charge in [0.05, 0.1) is 0 Å². The molecule has 1 N–H and O–H groups in total. The van der Waals surface area contributed by atoms with E-state index in [0.29, 0.717) is 6.04 Å². The summed E-state index contributed by atoms with van der Waals surface area (Å²) in [5, 5.41) is 5.06. The molecule has 1 atom stereocenters. The Hall–Kier alpha value is -2.06. The first-order valence-electron chi connectivity index (χ1n) is 8.62. The Morgan fingerprint density at radius 2 is 1.74 bits per heavy atom. The maximum absolute atomic E-state index is 3.69. The summed E-state index contributed by atoms with van der Waals surface area (Å²) < 4.78 is 2.33. The molecule has 120 valence electrons. The maximum atomic E-state index is 3.69. The molecule has 0 fully saturated rings.